The molecule has 0 aliphatic heterocycles. The third-order valence-corrected chi connectivity index (χ3v) is 3.51. The Morgan fingerprint density at radius 3 is 2.44 bits per heavy atom. The Hall–Kier alpha value is -0.570. The van der Waals surface area contributed by atoms with Gasteiger partial charge in [0.1, 0.15) is 6.04 Å². The molecule has 0 aromatic heterocycles. The van der Waals surface area contributed by atoms with Crippen molar-refractivity contribution in [2.45, 2.75) is 59.0 Å². The van der Waals surface area contributed by atoms with E-state index in [-0.39, 0.29) is 17.9 Å². The van der Waals surface area contributed by atoms with Gasteiger partial charge < -0.3 is 10.1 Å². The molecule has 16 heavy (non-hydrogen) atoms. The lowest BCUT2D eigenvalue weighted by molar-refractivity contribution is -0.144. The Bertz CT molecular complexity index is 248. The molecule has 2 atom stereocenters. The molecule has 0 amide bonds. The van der Waals surface area contributed by atoms with Crippen LogP contribution in [0.3, 0.4) is 0 Å². The normalized spacial score (nSPS) is 25.8. The molecule has 0 radical (unpaired) electrons. The van der Waals surface area contributed by atoms with E-state index < -0.39 is 0 Å². The summed E-state index contributed by atoms with van der Waals surface area (Å²) in [6, 6.07) is 0.297. The van der Waals surface area contributed by atoms with Crippen LogP contribution in [-0.2, 0) is 9.53 Å². The zero-order valence-electron chi connectivity index (χ0n) is 11.2. The highest BCUT2D eigenvalue weighted by Gasteiger charge is 2.34. The number of carbonyl (C=O) groups is 1. The van der Waals surface area contributed by atoms with Crippen LogP contribution >= 0.6 is 0 Å². The Morgan fingerprint density at radius 1 is 1.44 bits per heavy atom. The number of esters is 1. The van der Waals surface area contributed by atoms with Crippen molar-refractivity contribution in [3.05, 3.63) is 0 Å². The average Bonchev–Trinajstić information content (AvgIpc) is 2.53. The van der Waals surface area contributed by atoms with Gasteiger partial charge in [-0.25, -0.2) is 0 Å². The molecule has 0 spiro atoms. The van der Waals surface area contributed by atoms with Crippen molar-refractivity contribution in [3.8, 4) is 0 Å². The highest BCUT2D eigenvalue weighted by Crippen LogP contribution is 2.37. The van der Waals surface area contributed by atoms with Crippen LogP contribution in [-0.4, -0.2) is 25.2 Å². The Balaban J connectivity index is 2.53. The monoisotopic (exact) mass is 227 g/mol. The zero-order chi connectivity index (χ0) is 12.3. The van der Waals surface area contributed by atoms with Gasteiger partial charge in [0.25, 0.3) is 0 Å². The van der Waals surface area contributed by atoms with Crippen LogP contribution in [0.1, 0.15) is 47.0 Å². The van der Waals surface area contributed by atoms with Gasteiger partial charge in [-0.2, -0.15) is 0 Å². The highest BCUT2D eigenvalue weighted by molar-refractivity contribution is 5.75. The number of hydrogen-bond acceptors (Lipinski definition) is 3. The van der Waals surface area contributed by atoms with Gasteiger partial charge in [-0.1, -0.05) is 27.7 Å². The molecule has 1 rings (SSSR count). The number of nitrogens with one attached hydrogen (secondary N) is 1. The van der Waals surface area contributed by atoms with Crippen LogP contribution in [0.25, 0.3) is 0 Å². The van der Waals surface area contributed by atoms with Gasteiger partial charge in [-0.05, 0) is 30.6 Å². The molecule has 1 aliphatic rings. The topological polar surface area (TPSA) is 38.3 Å². The SMILES string of the molecule is COC(=O)C(NC1CCC(C)(C)C1)C(C)C. The summed E-state index contributed by atoms with van der Waals surface area (Å²) in [5.74, 6) is 0.135. The maximum atomic E-state index is 11.6. The molecule has 2 unspecified atom stereocenters. The van der Waals surface area contributed by atoms with Crippen LogP contribution in [0.4, 0.5) is 0 Å². The molecule has 0 aromatic carbocycles. The standard InChI is InChI=1S/C13H25NO2/c1-9(2)11(12(15)16-5)14-10-6-7-13(3,4)8-10/h9-11,14H,6-8H2,1-5H3. The minimum absolute atomic E-state index is 0.139. The molecule has 3 nitrogen and oxygen atoms in total. The summed E-state index contributed by atoms with van der Waals surface area (Å²) in [7, 11) is 1.46. The largest absolute Gasteiger partial charge is 0.468 e. The van der Waals surface area contributed by atoms with Crippen molar-refractivity contribution >= 4 is 5.97 Å². The van der Waals surface area contributed by atoms with Gasteiger partial charge in [-0.3, -0.25) is 4.79 Å². The third kappa shape index (κ3) is 3.48. The van der Waals surface area contributed by atoms with Gasteiger partial charge in [0.15, 0.2) is 0 Å². The van der Waals surface area contributed by atoms with Crippen LogP contribution in [0.5, 0.6) is 0 Å². The number of ether oxygens (including phenoxy) is 1. The molecule has 94 valence electrons. The Kier molecular flexibility index (Phi) is 4.36. The maximum absolute atomic E-state index is 11.6. The van der Waals surface area contributed by atoms with Crippen LogP contribution in [0.15, 0.2) is 0 Å². The van der Waals surface area contributed by atoms with E-state index in [2.05, 4.69) is 33.0 Å². The van der Waals surface area contributed by atoms with E-state index in [0.29, 0.717) is 11.5 Å². The van der Waals surface area contributed by atoms with E-state index in [1.165, 1.54) is 13.5 Å². The fourth-order valence-corrected chi connectivity index (χ4v) is 2.49. The molecule has 3 heteroatoms. The predicted molar refractivity (Wildman–Crippen MR) is 65.2 cm³/mol. The maximum Gasteiger partial charge on any atom is 0.323 e. The van der Waals surface area contributed by atoms with Crippen molar-refractivity contribution in [3.63, 3.8) is 0 Å². The summed E-state index contributed by atoms with van der Waals surface area (Å²) >= 11 is 0. The average molecular weight is 227 g/mol. The summed E-state index contributed by atoms with van der Waals surface area (Å²) in [5, 5.41) is 3.45. The third-order valence-electron chi connectivity index (χ3n) is 3.51. The lowest BCUT2D eigenvalue weighted by Crippen LogP contribution is -2.46. The first-order valence-electron chi connectivity index (χ1n) is 6.19. The molecular formula is C13H25NO2. The van der Waals surface area contributed by atoms with E-state index >= 15 is 0 Å². The van der Waals surface area contributed by atoms with Gasteiger partial charge in [0.2, 0.25) is 0 Å². The Morgan fingerprint density at radius 2 is 2.06 bits per heavy atom. The van der Waals surface area contributed by atoms with E-state index in [0.717, 1.165) is 12.8 Å². The smallest absolute Gasteiger partial charge is 0.323 e. The van der Waals surface area contributed by atoms with Crippen LogP contribution in [0.2, 0.25) is 0 Å². The molecule has 0 saturated heterocycles. The van der Waals surface area contributed by atoms with E-state index in [1.54, 1.807) is 0 Å². The molecule has 1 saturated carbocycles. The first-order valence-corrected chi connectivity index (χ1v) is 6.19. The summed E-state index contributed by atoms with van der Waals surface area (Å²) in [6.07, 6.45) is 3.54. The van der Waals surface area contributed by atoms with Crippen molar-refractivity contribution in [2.24, 2.45) is 11.3 Å². The zero-order valence-corrected chi connectivity index (χ0v) is 11.2. The molecule has 1 aliphatic carbocycles. The summed E-state index contributed by atoms with van der Waals surface area (Å²) in [4.78, 5) is 11.6. The van der Waals surface area contributed by atoms with Gasteiger partial charge >= 0.3 is 5.97 Å². The van der Waals surface area contributed by atoms with Crippen molar-refractivity contribution in [1.82, 2.24) is 5.32 Å². The number of methoxy groups -OCH3 is 1. The van der Waals surface area contributed by atoms with E-state index in [1.807, 2.05) is 0 Å². The first-order chi connectivity index (χ1) is 7.35. The fraction of sp³-hybridized carbons (Fsp3) is 0.923. The predicted octanol–water partition coefficient (Wildman–Crippen LogP) is 2.35. The quantitative estimate of drug-likeness (QED) is 0.749. The highest BCUT2D eigenvalue weighted by atomic mass is 16.5. The molecule has 0 aromatic rings. The van der Waals surface area contributed by atoms with Crippen molar-refractivity contribution < 1.29 is 9.53 Å². The van der Waals surface area contributed by atoms with Crippen LogP contribution in [0, 0.1) is 11.3 Å². The summed E-state index contributed by atoms with van der Waals surface area (Å²) in [6.45, 7) is 8.68. The number of hydrogen-bond donors (Lipinski definition) is 1. The van der Waals surface area contributed by atoms with Crippen molar-refractivity contribution in [2.75, 3.05) is 7.11 Å². The Labute approximate surface area is 98.9 Å². The summed E-state index contributed by atoms with van der Waals surface area (Å²) < 4.78 is 4.83. The van der Waals surface area contributed by atoms with Gasteiger partial charge in [0.05, 0.1) is 7.11 Å². The lowest BCUT2D eigenvalue weighted by Gasteiger charge is -2.25. The summed E-state index contributed by atoms with van der Waals surface area (Å²) in [5.41, 5.74) is 0.412. The molecule has 1 fully saturated rings. The fourth-order valence-electron chi connectivity index (χ4n) is 2.49. The van der Waals surface area contributed by atoms with E-state index in [4.69, 9.17) is 4.74 Å². The molecule has 0 bridgehead atoms. The minimum atomic E-state index is -0.163. The van der Waals surface area contributed by atoms with Crippen LogP contribution < -0.4 is 5.32 Å². The van der Waals surface area contributed by atoms with Gasteiger partial charge in [0, 0.05) is 6.04 Å². The number of carbonyl (C=O) groups excluding carboxylic acids is 1. The first kappa shape index (κ1) is 13.5. The minimum Gasteiger partial charge on any atom is -0.468 e. The second-order valence-electron chi connectivity index (χ2n) is 6.02. The van der Waals surface area contributed by atoms with Gasteiger partial charge in [-0.15, -0.1) is 0 Å². The number of rotatable bonds is 4. The molecule has 1 N–H and O–H groups in total. The molecule has 0 heterocycles. The van der Waals surface area contributed by atoms with E-state index in [9.17, 15) is 4.79 Å². The molecular weight excluding hydrogens is 202 g/mol. The lowest BCUT2D eigenvalue weighted by atomic mass is 9.91. The second kappa shape index (κ2) is 5.17. The second-order valence-corrected chi connectivity index (χ2v) is 6.02. The van der Waals surface area contributed by atoms with Crippen molar-refractivity contribution in [1.29, 1.82) is 0 Å².